The number of hydrogen-bond donors (Lipinski definition) is 2. The van der Waals surface area contributed by atoms with Gasteiger partial charge in [-0.3, -0.25) is 14.9 Å². The largest absolute Gasteiger partial charge is 0.480 e. The summed E-state index contributed by atoms with van der Waals surface area (Å²) in [6.45, 7) is 0.0857. The van der Waals surface area contributed by atoms with Gasteiger partial charge in [-0.1, -0.05) is 91.0 Å². The highest BCUT2D eigenvalue weighted by Crippen LogP contribution is 2.50. The second kappa shape index (κ2) is 10.9. The van der Waals surface area contributed by atoms with Gasteiger partial charge in [-0.15, -0.1) is 0 Å². The lowest BCUT2D eigenvalue weighted by molar-refractivity contribution is -0.146. The number of carboxylic acids is 1. The second-order valence-corrected chi connectivity index (χ2v) is 10.7. The molecule has 0 atom stereocenters. The van der Waals surface area contributed by atoms with E-state index in [2.05, 4.69) is 29.6 Å². The van der Waals surface area contributed by atoms with E-state index < -0.39 is 17.5 Å². The van der Waals surface area contributed by atoms with Crippen LogP contribution in [0.5, 0.6) is 0 Å². The molecule has 7 nitrogen and oxygen atoms in total. The number of carbonyl (C=O) groups is 3. The monoisotopic (exact) mass is 546 g/mol. The summed E-state index contributed by atoms with van der Waals surface area (Å²) in [6.07, 6.45) is 0.749. The molecule has 4 aromatic rings. The zero-order chi connectivity index (χ0) is 28.4. The molecule has 0 unspecified atom stereocenters. The molecule has 2 amide bonds. The molecular weight excluding hydrogens is 516 g/mol. The molecule has 2 aliphatic carbocycles. The molecule has 4 aromatic carbocycles. The molecular formula is C34H30N2O5. The van der Waals surface area contributed by atoms with Gasteiger partial charge >= 0.3 is 12.1 Å². The van der Waals surface area contributed by atoms with Gasteiger partial charge in [0.25, 0.3) is 0 Å². The normalized spacial score (nSPS) is 14.4. The molecule has 0 saturated heterocycles. The summed E-state index contributed by atoms with van der Waals surface area (Å²) in [5, 5.41) is 12.2. The quantitative estimate of drug-likeness (QED) is 0.261. The van der Waals surface area contributed by atoms with Gasteiger partial charge in [0.2, 0.25) is 5.91 Å². The number of rotatable bonds is 9. The third-order valence-corrected chi connectivity index (χ3v) is 8.02. The lowest BCUT2D eigenvalue weighted by Crippen LogP contribution is -2.41. The summed E-state index contributed by atoms with van der Waals surface area (Å²) in [5.41, 5.74) is 6.13. The van der Waals surface area contributed by atoms with Crippen molar-refractivity contribution in [2.75, 3.05) is 18.5 Å². The van der Waals surface area contributed by atoms with E-state index in [1.54, 1.807) is 12.1 Å². The number of benzene rings is 4. The van der Waals surface area contributed by atoms with Gasteiger partial charge in [-0.2, -0.15) is 0 Å². The number of aliphatic carboxylic acids is 1. The van der Waals surface area contributed by atoms with Crippen LogP contribution in [-0.4, -0.2) is 41.1 Å². The van der Waals surface area contributed by atoms with Crippen molar-refractivity contribution in [2.24, 2.45) is 0 Å². The Morgan fingerprint density at radius 3 is 1.98 bits per heavy atom. The maximum Gasteiger partial charge on any atom is 0.411 e. The highest BCUT2D eigenvalue weighted by molar-refractivity contribution is 5.93. The Hall–Kier alpha value is -4.91. The third-order valence-electron chi connectivity index (χ3n) is 8.02. The maximum atomic E-state index is 13.6. The van der Waals surface area contributed by atoms with Gasteiger partial charge in [-0.05, 0) is 58.4 Å². The fourth-order valence-corrected chi connectivity index (χ4v) is 5.85. The summed E-state index contributed by atoms with van der Waals surface area (Å²) in [7, 11) is 0. The number of anilines is 1. The van der Waals surface area contributed by atoms with Crippen molar-refractivity contribution in [3.05, 3.63) is 125 Å². The van der Waals surface area contributed by atoms with Crippen LogP contribution in [0.3, 0.4) is 0 Å². The van der Waals surface area contributed by atoms with E-state index in [0.717, 1.165) is 22.3 Å². The molecule has 0 aliphatic heterocycles. The number of ether oxygens (including phenoxy) is 1. The molecule has 206 valence electrons. The number of fused-ring (bicyclic) bond motifs is 3. The summed E-state index contributed by atoms with van der Waals surface area (Å²) < 4.78 is 5.65. The zero-order valence-corrected chi connectivity index (χ0v) is 22.5. The molecule has 0 heterocycles. The predicted molar refractivity (Wildman–Crippen MR) is 156 cm³/mol. The smallest absolute Gasteiger partial charge is 0.411 e. The van der Waals surface area contributed by atoms with Gasteiger partial charge in [0.1, 0.15) is 13.2 Å². The topological polar surface area (TPSA) is 95.9 Å². The molecule has 7 heteroatoms. The summed E-state index contributed by atoms with van der Waals surface area (Å²) in [4.78, 5) is 39.3. The lowest BCUT2D eigenvalue weighted by Gasteiger charge is -2.26. The Morgan fingerprint density at radius 1 is 0.805 bits per heavy atom. The number of amides is 2. The van der Waals surface area contributed by atoms with Crippen molar-refractivity contribution in [1.29, 1.82) is 0 Å². The van der Waals surface area contributed by atoms with Crippen molar-refractivity contribution >= 4 is 23.7 Å². The minimum atomic E-state index is -1.05. The zero-order valence-electron chi connectivity index (χ0n) is 22.5. The SMILES string of the molecule is O=C(O)CN(Cc1ccccc1)C(=O)C1(c2ccc(NC(=O)OCC3c4ccccc4-c4ccccc43)cc2)CC1. The summed E-state index contributed by atoms with van der Waals surface area (Å²) in [6, 6.07) is 32.9. The van der Waals surface area contributed by atoms with Crippen LogP contribution in [-0.2, 0) is 26.3 Å². The van der Waals surface area contributed by atoms with E-state index in [0.29, 0.717) is 18.5 Å². The number of carboxylic acid groups (broad SMARTS) is 1. The second-order valence-electron chi connectivity index (χ2n) is 10.7. The van der Waals surface area contributed by atoms with Crippen LogP contribution in [0.15, 0.2) is 103 Å². The highest BCUT2D eigenvalue weighted by Gasteiger charge is 2.53. The van der Waals surface area contributed by atoms with Gasteiger partial charge < -0.3 is 14.7 Å². The number of carbonyl (C=O) groups excluding carboxylic acids is 2. The molecule has 2 aliphatic rings. The van der Waals surface area contributed by atoms with E-state index in [-0.39, 0.29) is 31.5 Å². The molecule has 41 heavy (non-hydrogen) atoms. The van der Waals surface area contributed by atoms with Gasteiger partial charge in [0.05, 0.1) is 5.41 Å². The molecule has 0 bridgehead atoms. The first-order chi connectivity index (χ1) is 19.9. The van der Waals surface area contributed by atoms with E-state index in [4.69, 9.17) is 4.74 Å². The number of hydrogen-bond acceptors (Lipinski definition) is 4. The van der Waals surface area contributed by atoms with Gasteiger partial charge in [0, 0.05) is 18.2 Å². The average Bonchev–Trinajstić information content (AvgIpc) is 3.74. The van der Waals surface area contributed by atoms with Gasteiger partial charge in [0.15, 0.2) is 0 Å². The first kappa shape index (κ1) is 26.3. The van der Waals surface area contributed by atoms with Crippen molar-refractivity contribution < 1.29 is 24.2 Å². The first-order valence-corrected chi connectivity index (χ1v) is 13.7. The fourth-order valence-electron chi connectivity index (χ4n) is 5.85. The molecule has 0 aromatic heterocycles. The third kappa shape index (κ3) is 5.31. The van der Waals surface area contributed by atoms with E-state index in [1.807, 2.05) is 66.7 Å². The van der Waals surface area contributed by atoms with E-state index in [1.165, 1.54) is 16.0 Å². The molecule has 6 rings (SSSR count). The van der Waals surface area contributed by atoms with Crippen LogP contribution < -0.4 is 5.32 Å². The highest BCUT2D eigenvalue weighted by atomic mass is 16.5. The first-order valence-electron chi connectivity index (χ1n) is 13.7. The van der Waals surface area contributed by atoms with E-state index >= 15 is 0 Å². The Balaban J connectivity index is 1.10. The fraction of sp³-hybridized carbons (Fsp3) is 0.206. The van der Waals surface area contributed by atoms with Crippen molar-refractivity contribution in [2.45, 2.75) is 30.7 Å². The molecule has 1 fully saturated rings. The van der Waals surface area contributed by atoms with Gasteiger partial charge in [-0.25, -0.2) is 4.79 Å². The standard InChI is InChI=1S/C34H30N2O5/c37-31(38)21-36(20-23-8-2-1-3-9-23)32(39)34(18-19-34)24-14-16-25(17-15-24)35-33(40)41-22-30-28-12-6-4-10-26(28)27-11-5-7-13-29(27)30/h1-17,30H,18-22H2,(H,35,40)(H,37,38). The van der Waals surface area contributed by atoms with Crippen LogP contribution in [0.2, 0.25) is 0 Å². The van der Waals surface area contributed by atoms with Crippen molar-refractivity contribution in [3.8, 4) is 11.1 Å². The molecule has 0 radical (unpaired) electrons. The Morgan fingerprint density at radius 2 is 1.39 bits per heavy atom. The van der Waals surface area contributed by atoms with Crippen LogP contribution in [0.4, 0.5) is 10.5 Å². The van der Waals surface area contributed by atoms with Crippen molar-refractivity contribution in [1.82, 2.24) is 4.90 Å². The molecule has 1 saturated carbocycles. The van der Waals surface area contributed by atoms with Crippen LogP contribution in [0.1, 0.15) is 41.0 Å². The molecule has 2 N–H and O–H groups in total. The number of nitrogens with zero attached hydrogens (tertiary/aromatic N) is 1. The van der Waals surface area contributed by atoms with Crippen molar-refractivity contribution in [3.63, 3.8) is 0 Å². The Labute approximate surface area is 238 Å². The average molecular weight is 547 g/mol. The van der Waals surface area contributed by atoms with Crippen LogP contribution in [0.25, 0.3) is 11.1 Å². The number of nitrogens with one attached hydrogen (secondary N) is 1. The maximum absolute atomic E-state index is 13.6. The van der Waals surface area contributed by atoms with Crippen LogP contribution in [0, 0.1) is 0 Å². The molecule has 0 spiro atoms. The van der Waals surface area contributed by atoms with Crippen LogP contribution >= 0.6 is 0 Å². The Bertz CT molecular complexity index is 1550. The minimum Gasteiger partial charge on any atom is -0.480 e. The Kier molecular flexibility index (Phi) is 7.01. The van der Waals surface area contributed by atoms with E-state index in [9.17, 15) is 19.5 Å². The summed E-state index contributed by atoms with van der Waals surface area (Å²) in [5.74, 6) is -1.27. The summed E-state index contributed by atoms with van der Waals surface area (Å²) >= 11 is 0. The minimum absolute atomic E-state index is 0.0269. The lowest BCUT2D eigenvalue weighted by atomic mass is 9.93. The predicted octanol–water partition coefficient (Wildman–Crippen LogP) is 6.19.